The number of benzene rings is 2. The second kappa shape index (κ2) is 11.0. The van der Waals surface area contributed by atoms with Crippen LogP contribution in [0.2, 0.25) is 0 Å². The molecule has 0 saturated carbocycles. The molecule has 0 aliphatic carbocycles. The molecule has 2 aromatic carbocycles. The Hall–Kier alpha value is -3.24. The van der Waals surface area contributed by atoms with Gasteiger partial charge in [0.1, 0.15) is 24.4 Å². The number of hydrogen-bond acceptors (Lipinski definition) is 5. The summed E-state index contributed by atoms with van der Waals surface area (Å²) >= 11 is 0. The number of rotatable bonds is 8. The summed E-state index contributed by atoms with van der Waals surface area (Å²) in [5, 5.41) is 17.4. The van der Waals surface area contributed by atoms with Crippen molar-refractivity contribution in [1.29, 1.82) is 0 Å². The minimum Gasteiger partial charge on any atom is -0.387 e. The Bertz CT molecular complexity index is 1230. The number of hydrogen-bond donors (Lipinski definition) is 2. The third kappa shape index (κ3) is 6.02. The summed E-state index contributed by atoms with van der Waals surface area (Å²) in [6.07, 6.45) is -1.14. The van der Waals surface area contributed by atoms with Crippen molar-refractivity contribution in [3.8, 4) is 11.4 Å². The lowest BCUT2D eigenvalue weighted by Gasteiger charge is -2.40. The van der Waals surface area contributed by atoms with E-state index in [1.165, 1.54) is 4.90 Å². The Balaban J connectivity index is 1.86. The third-order valence-corrected chi connectivity index (χ3v) is 6.57. The Morgan fingerprint density at radius 1 is 1.19 bits per heavy atom. The second-order valence-electron chi connectivity index (χ2n) is 10.5. The van der Waals surface area contributed by atoms with Gasteiger partial charge in [0, 0.05) is 25.6 Å². The average Bonchev–Trinajstić information content (AvgIpc) is 3.45. The Labute approximate surface area is 214 Å². The maximum Gasteiger partial charge on any atom is 0.248 e. The van der Waals surface area contributed by atoms with Crippen molar-refractivity contribution in [2.75, 3.05) is 26.2 Å². The molecule has 1 saturated heterocycles. The van der Waals surface area contributed by atoms with Gasteiger partial charge in [0.2, 0.25) is 5.91 Å². The molecule has 4 rings (SSSR count). The van der Waals surface area contributed by atoms with E-state index in [-0.39, 0.29) is 31.0 Å². The number of nitrogens with one attached hydrogen (secondary N) is 1. The predicted octanol–water partition coefficient (Wildman–Crippen LogP) is 3.74. The zero-order valence-electron chi connectivity index (χ0n) is 21.2. The largest absolute Gasteiger partial charge is 0.387 e. The van der Waals surface area contributed by atoms with Gasteiger partial charge in [-0.2, -0.15) is 5.10 Å². The fourth-order valence-electron chi connectivity index (χ4n) is 4.78. The molecule has 1 aliphatic rings. The highest BCUT2D eigenvalue weighted by molar-refractivity contribution is 5.77. The van der Waals surface area contributed by atoms with Crippen molar-refractivity contribution < 1.29 is 23.1 Å². The van der Waals surface area contributed by atoms with Gasteiger partial charge in [0.15, 0.2) is 11.6 Å². The van der Waals surface area contributed by atoms with Crippen molar-refractivity contribution in [1.82, 2.24) is 25.0 Å². The SMILES string of the molecule is CC(C)(C)[C@H](c1nc(-c2cc(F)ccc2F)nn1Cc1ccccc1)N(C[C@@H]1CNC[C@@H]1F)C(=O)CO. The van der Waals surface area contributed by atoms with Gasteiger partial charge in [0.05, 0.1) is 18.2 Å². The molecular formula is C27H32F3N5O2. The molecule has 1 amide bonds. The van der Waals surface area contributed by atoms with E-state index < -0.39 is 47.7 Å². The van der Waals surface area contributed by atoms with Gasteiger partial charge in [0.25, 0.3) is 0 Å². The third-order valence-electron chi connectivity index (χ3n) is 6.57. The van der Waals surface area contributed by atoms with E-state index in [4.69, 9.17) is 0 Å². The summed E-state index contributed by atoms with van der Waals surface area (Å²) in [7, 11) is 0. The van der Waals surface area contributed by atoms with Gasteiger partial charge >= 0.3 is 0 Å². The Morgan fingerprint density at radius 2 is 1.92 bits per heavy atom. The van der Waals surface area contributed by atoms with Crippen LogP contribution in [0.15, 0.2) is 48.5 Å². The van der Waals surface area contributed by atoms with Crippen molar-refractivity contribution in [3.63, 3.8) is 0 Å². The second-order valence-corrected chi connectivity index (χ2v) is 10.5. The molecule has 3 atom stereocenters. The highest BCUT2D eigenvalue weighted by Gasteiger charge is 2.41. The number of aromatic nitrogens is 3. The molecule has 3 aromatic rings. The molecule has 198 valence electrons. The number of amides is 1. The first kappa shape index (κ1) is 26.8. The van der Waals surface area contributed by atoms with Crippen LogP contribution < -0.4 is 5.32 Å². The van der Waals surface area contributed by atoms with E-state index in [2.05, 4.69) is 15.4 Å². The van der Waals surface area contributed by atoms with Gasteiger partial charge in [-0.3, -0.25) is 4.79 Å². The number of carbonyl (C=O) groups is 1. The summed E-state index contributed by atoms with van der Waals surface area (Å²) in [5.74, 6) is -2.06. The maximum absolute atomic E-state index is 14.7. The van der Waals surface area contributed by atoms with Gasteiger partial charge in [-0.1, -0.05) is 51.1 Å². The molecule has 10 heteroatoms. The van der Waals surface area contributed by atoms with Crippen LogP contribution in [0.3, 0.4) is 0 Å². The summed E-state index contributed by atoms with van der Waals surface area (Å²) in [5.41, 5.74) is 0.142. The molecule has 0 spiro atoms. The minimum absolute atomic E-state index is 0.0283. The van der Waals surface area contributed by atoms with Gasteiger partial charge < -0.3 is 15.3 Å². The maximum atomic E-state index is 14.7. The lowest BCUT2D eigenvalue weighted by molar-refractivity contribution is -0.140. The fraction of sp³-hybridized carbons (Fsp3) is 0.444. The smallest absolute Gasteiger partial charge is 0.248 e. The lowest BCUT2D eigenvalue weighted by atomic mass is 9.84. The molecule has 0 unspecified atom stereocenters. The zero-order chi connectivity index (χ0) is 26.7. The monoisotopic (exact) mass is 515 g/mol. The number of carbonyl (C=O) groups excluding carboxylic acids is 1. The lowest BCUT2D eigenvalue weighted by Crippen LogP contribution is -2.47. The zero-order valence-corrected chi connectivity index (χ0v) is 21.2. The van der Waals surface area contributed by atoms with E-state index in [9.17, 15) is 23.1 Å². The molecule has 7 nitrogen and oxygen atoms in total. The number of aliphatic hydroxyl groups is 1. The number of alkyl halides is 1. The molecular weight excluding hydrogens is 483 g/mol. The topological polar surface area (TPSA) is 83.3 Å². The summed E-state index contributed by atoms with van der Waals surface area (Å²) < 4.78 is 44.9. The first-order chi connectivity index (χ1) is 17.6. The van der Waals surface area contributed by atoms with Crippen LogP contribution in [0.4, 0.5) is 13.2 Å². The Kier molecular flexibility index (Phi) is 7.99. The van der Waals surface area contributed by atoms with E-state index >= 15 is 0 Å². The highest BCUT2D eigenvalue weighted by Crippen LogP contribution is 2.39. The first-order valence-electron chi connectivity index (χ1n) is 12.3. The van der Waals surface area contributed by atoms with Crippen molar-refractivity contribution >= 4 is 5.91 Å². The molecule has 0 radical (unpaired) electrons. The molecule has 0 bridgehead atoms. The van der Waals surface area contributed by atoms with Crippen LogP contribution in [0.5, 0.6) is 0 Å². The van der Waals surface area contributed by atoms with Crippen molar-refractivity contribution in [3.05, 3.63) is 71.6 Å². The van der Waals surface area contributed by atoms with E-state index in [1.807, 2.05) is 51.1 Å². The minimum atomic E-state index is -1.14. The number of halogens is 3. The van der Waals surface area contributed by atoms with Crippen LogP contribution in [0.25, 0.3) is 11.4 Å². The van der Waals surface area contributed by atoms with Gasteiger partial charge in [-0.05, 0) is 29.2 Å². The average molecular weight is 516 g/mol. The van der Waals surface area contributed by atoms with Crippen LogP contribution in [0.1, 0.15) is 38.2 Å². The predicted molar refractivity (Wildman–Crippen MR) is 133 cm³/mol. The van der Waals surface area contributed by atoms with Gasteiger partial charge in [-0.25, -0.2) is 22.8 Å². The van der Waals surface area contributed by atoms with Crippen molar-refractivity contribution in [2.45, 2.75) is 39.5 Å². The number of nitrogens with zero attached hydrogens (tertiary/aromatic N) is 4. The van der Waals surface area contributed by atoms with Crippen LogP contribution in [-0.4, -0.2) is 63.1 Å². The molecule has 1 aromatic heterocycles. The molecule has 2 heterocycles. The molecule has 1 aliphatic heterocycles. The Morgan fingerprint density at radius 3 is 2.54 bits per heavy atom. The van der Waals surface area contributed by atoms with Crippen molar-refractivity contribution in [2.24, 2.45) is 11.3 Å². The standard InChI is InChI=1S/C27H32F3N5O2/c1-27(2,3)24(34(23(37)16-36)15-18-12-31-13-22(18)30)26-32-25(20-11-19(28)9-10-21(20)29)33-35(26)14-17-7-5-4-6-8-17/h4-11,18,22,24,31,36H,12-16H2,1-3H3/t18-,22-,24-/m0/s1. The van der Waals surface area contributed by atoms with E-state index in [0.29, 0.717) is 12.4 Å². The quantitative estimate of drug-likeness (QED) is 0.478. The molecule has 1 fully saturated rings. The van der Waals surface area contributed by atoms with E-state index in [1.54, 1.807) is 4.68 Å². The highest BCUT2D eigenvalue weighted by atomic mass is 19.1. The first-order valence-corrected chi connectivity index (χ1v) is 12.3. The van der Waals surface area contributed by atoms with Crippen LogP contribution in [0, 0.1) is 23.0 Å². The number of aliphatic hydroxyl groups excluding tert-OH is 1. The normalized spacial score (nSPS) is 18.7. The van der Waals surface area contributed by atoms with Crippen LogP contribution >= 0.6 is 0 Å². The molecule has 2 N–H and O–H groups in total. The van der Waals surface area contributed by atoms with Gasteiger partial charge in [-0.15, -0.1) is 0 Å². The van der Waals surface area contributed by atoms with E-state index in [0.717, 1.165) is 23.8 Å². The summed E-state index contributed by atoms with van der Waals surface area (Å²) in [6, 6.07) is 11.7. The fourth-order valence-corrected chi connectivity index (χ4v) is 4.78. The molecule has 37 heavy (non-hydrogen) atoms. The summed E-state index contributed by atoms with van der Waals surface area (Å²) in [4.78, 5) is 19.2. The summed E-state index contributed by atoms with van der Waals surface area (Å²) in [6.45, 7) is 5.84. The van der Waals surface area contributed by atoms with Crippen LogP contribution in [-0.2, 0) is 11.3 Å².